The minimum atomic E-state index is -4.57. The van der Waals surface area contributed by atoms with Crippen LogP contribution in [-0.4, -0.2) is 107 Å². The van der Waals surface area contributed by atoms with Crippen molar-refractivity contribution < 1.29 is 32.3 Å². The molecule has 340 valence electrons. The predicted molar refractivity (Wildman–Crippen MR) is 253 cm³/mol. The highest BCUT2D eigenvalue weighted by atomic mass is 35.5. The van der Waals surface area contributed by atoms with E-state index >= 15 is 0 Å². The van der Waals surface area contributed by atoms with E-state index in [0.717, 1.165) is 77.6 Å². The van der Waals surface area contributed by atoms with Crippen molar-refractivity contribution in [3.05, 3.63) is 136 Å². The summed E-state index contributed by atoms with van der Waals surface area (Å²) in [6, 6.07) is 29.9. The number of halogens is 1. The van der Waals surface area contributed by atoms with Crippen LogP contribution in [0.5, 0.6) is 17.2 Å². The molecule has 0 spiro atoms. The van der Waals surface area contributed by atoms with Gasteiger partial charge in [0.2, 0.25) is 0 Å². The van der Waals surface area contributed by atoms with Gasteiger partial charge in [0.25, 0.3) is 21.6 Å². The van der Waals surface area contributed by atoms with E-state index in [-0.39, 0.29) is 22.9 Å². The number of aromatic nitrogens is 1. The fraction of sp³-hybridized carbons (Fsp3) is 0.312. The molecule has 5 aromatic carbocycles. The van der Waals surface area contributed by atoms with Crippen LogP contribution in [0.2, 0.25) is 5.02 Å². The molecule has 1 amide bonds. The molecule has 2 aliphatic rings. The Balaban J connectivity index is 1.01. The summed E-state index contributed by atoms with van der Waals surface area (Å²) in [6.07, 6.45) is 3.45. The monoisotopic (exact) mass is 921 g/mol. The molecular weight excluding hydrogens is 870 g/mol. The van der Waals surface area contributed by atoms with E-state index in [9.17, 15) is 23.3 Å². The first-order valence-corrected chi connectivity index (χ1v) is 23.5. The number of piperazine rings is 1. The second kappa shape index (κ2) is 20.3. The van der Waals surface area contributed by atoms with Gasteiger partial charge in [-0.1, -0.05) is 35.9 Å². The van der Waals surface area contributed by atoms with Gasteiger partial charge in [0.15, 0.2) is 0 Å². The maximum Gasteiger partial charge on any atom is 0.293 e. The standard InChI is InChI=1S/C48H52ClN7O8S/c1-53(2)24-27-63-46-5-3-4-40(34-6-8-36(49)9-7-34)42(46)32-54-20-22-55(23-21-54)37-10-13-41(47(29-37)64-38-11-14-43-35(28-38)16-19-50-43)48(57)52-65(60,61)39-12-15-44(45(30-39)56(58)59)51-31-33-17-25-62-26-18-33/h3-16,19,28-30,33,50-51H,17-18,20-27,31-32H2,1-2H3,(H,52,57). The molecule has 1 aromatic heterocycles. The zero-order valence-electron chi connectivity index (χ0n) is 36.3. The number of nitro groups is 1. The average Bonchev–Trinajstić information content (AvgIpc) is 3.77. The first kappa shape index (κ1) is 45.4. The quantitative estimate of drug-likeness (QED) is 0.0591. The fourth-order valence-corrected chi connectivity index (χ4v) is 9.22. The number of nitro benzene ring substituents is 1. The molecule has 2 aliphatic heterocycles. The molecule has 0 atom stereocenters. The van der Waals surface area contributed by atoms with Gasteiger partial charge in [-0.05, 0) is 111 Å². The fourth-order valence-electron chi connectivity index (χ4n) is 8.11. The summed E-state index contributed by atoms with van der Waals surface area (Å²) in [6.45, 7) is 6.48. The second-order valence-corrected chi connectivity index (χ2v) is 18.6. The number of hydrogen-bond donors (Lipinski definition) is 3. The molecule has 0 bridgehead atoms. The Hall–Kier alpha value is -6.17. The maximum absolute atomic E-state index is 14.0. The van der Waals surface area contributed by atoms with Gasteiger partial charge in [0.1, 0.15) is 29.5 Å². The minimum absolute atomic E-state index is 0.0324. The lowest BCUT2D eigenvalue weighted by molar-refractivity contribution is -0.384. The molecule has 8 rings (SSSR count). The van der Waals surface area contributed by atoms with Crippen LogP contribution in [0.4, 0.5) is 17.1 Å². The molecule has 3 heterocycles. The number of ether oxygens (including phenoxy) is 3. The third kappa shape index (κ3) is 11.2. The molecule has 0 radical (unpaired) electrons. The van der Waals surface area contributed by atoms with Gasteiger partial charge < -0.3 is 34.3 Å². The van der Waals surface area contributed by atoms with Gasteiger partial charge in [-0.3, -0.25) is 19.8 Å². The molecule has 3 N–H and O–H groups in total. The Morgan fingerprint density at radius 3 is 2.48 bits per heavy atom. The van der Waals surface area contributed by atoms with Crippen molar-refractivity contribution in [2.45, 2.75) is 24.3 Å². The molecule has 0 aliphatic carbocycles. The lowest BCUT2D eigenvalue weighted by Gasteiger charge is -2.37. The maximum atomic E-state index is 14.0. The number of H-pyrrole nitrogens is 1. The Morgan fingerprint density at radius 2 is 1.72 bits per heavy atom. The number of fused-ring (bicyclic) bond motifs is 1. The molecule has 0 saturated carbocycles. The van der Waals surface area contributed by atoms with E-state index in [4.69, 9.17) is 25.8 Å². The van der Waals surface area contributed by atoms with E-state index in [1.165, 1.54) is 12.1 Å². The molecular formula is C48H52ClN7O8S. The first-order chi connectivity index (χ1) is 31.4. The lowest BCUT2D eigenvalue weighted by Crippen LogP contribution is -2.46. The summed E-state index contributed by atoms with van der Waals surface area (Å²) in [4.78, 5) is 34.9. The van der Waals surface area contributed by atoms with Crippen molar-refractivity contribution in [3.63, 3.8) is 0 Å². The number of nitrogens with one attached hydrogen (secondary N) is 3. The number of benzene rings is 5. The largest absolute Gasteiger partial charge is 0.492 e. The summed E-state index contributed by atoms with van der Waals surface area (Å²) in [7, 11) is -0.530. The second-order valence-electron chi connectivity index (χ2n) is 16.5. The first-order valence-electron chi connectivity index (χ1n) is 21.6. The number of hydrogen-bond acceptors (Lipinski definition) is 12. The van der Waals surface area contributed by atoms with Crippen LogP contribution in [0, 0.1) is 16.0 Å². The summed E-state index contributed by atoms with van der Waals surface area (Å²) in [5.41, 5.74) is 4.65. The van der Waals surface area contributed by atoms with Crippen molar-refractivity contribution in [2.24, 2.45) is 5.92 Å². The van der Waals surface area contributed by atoms with Crippen molar-refractivity contribution in [2.75, 3.05) is 83.4 Å². The van der Waals surface area contributed by atoms with Crippen LogP contribution >= 0.6 is 11.6 Å². The normalized spacial score (nSPS) is 15.0. The number of aromatic amines is 1. The Bertz CT molecular complexity index is 2750. The molecule has 6 aromatic rings. The van der Waals surface area contributed by atoms with Gasteiger partial charge in [0.05, 0.1) is 15.4 Å². The molecule has 15 nitrogen and oxygen atoms in total. The third-order valence-electron chi connectivity index (χ3n) is 11.8. The van der Waals surface area contributed by atoms with Gasteiger partial charge in [-0.15, -0.1) is 0 Å². The van der Waals surface area contributed by atoms with Crippen molar-refractivity contribution in [1.82, 2.24) is 19.5 Å². The molecule has 2 saturated heterocycles. The third-order valence-corrected chi connectivity index (χ3v) is 13.4. The highest BCUT2D eigenvalue weighted by Gasteiger charge is 2.28. The molecule has 0 unspecified atom stereocenters. The van der Waals surface area contributed by atoms with Crippen LogP contribution in [0.3, 0.4) is 0 Å². The number of anilines is 2. The number of sulfonamides is 1. The topological polar surface area (TPSA) is 172 Å². The van der Waals surface area contributed by atoms with Gasteiger partial charge in [-0.2, -0.15) is 0 Å². The zero-order chi connectivity index (χ0) is 45.5. The SMILES string of the molecule is CN(C)CCOc1cccc(-c2ccc(Cl)cc2)c1CN1CCN(c2ccc(C(=O)NS(=O)(=O)c3ccc(NCC4CCOCC4)c([N+](=O)[O-])c3)c(Oc3ccc4[nH]ccc4c3)c2)CC1. The van der Waals surface area contributed by atoms with Crippen LogP contribution in [0.15, 0.2) is 114 Å². The highest BCUT2D eigenvalue weighted by Crippen LogP contribution is 2.36. The average molecular weight is 923 g/mol. The number of nitrogens with zero attached hydrogens (tertiary/aromatic N) is 4. The zero-order valence-corrected chi connectivity index (χ0v) is 37.9. The summed E-state index contributed by atoms with van der Waals surface area (Å²) in [5, 5.41) is 16.8. The minimum Gasteiger partial charge on any atom is -0.492 e. The van der Waals surface area contributed by atoms with E-state index < -0.39 is 31.4 Å². The van der Waals surface area contributed by atoms with Crippen molar-refractivity contribution in [1.29, 1.82) is 0 Å². The van der Waals surface area contributed by atoms with Crippen molar-refractivity contribution in [3.8, 4) is 28.4 Å². The molecule has 2 fully saturated rings. The van der Waals surface area contributed by atoms with E-state index in [1.54, 1.807) is 24.3 Å². The smallest absolute Gasteiger partial charge is 0.293 e. The molecule has 65 heavy (non-hydrogen) atoms. The van der Waals surface area contributed by atoms with Crippen LogP contribution in [0.1, 0.15) is 28.8 Å². The highest BCUT2D eigenvalue weighted by molar-refractivity contribution is 7.90. The van der Waals surface area contributed by atoms with E-state index in [1.807, 2.05) is 74.9 Å². The van der Waals surface area contributed by atoms with Crippen LogP contribution in [0.25, 0.3) is 22.0 Å². The summed E-state index contributed by atoms with van der Waals surface area (Å²) >= 11 is 6.25. The summed E-state index contributed by atoms with van der Waals surface area (Å²) in [5.74, 6) is 0.739. The molecule has 17 heteroatoms. The number of likely N-dealkylation sites (N-methyl/N-ethyl adjacent to an activating group) is 1. The van der Waals surface area contributed by atoms with E-state index in [0.29, 0.717) is 56.8 Å². The Kier molecular flexibility index (Phi) is 14.2. The van der Waals surface area contributed by atoms with E-state index in [2.05, 4.69) is 35.8 Å². The number of carbonyl (C=O) groups is 1. The number of carbonyl (C=O) groups excluding carboxylic acids is 1. The number of rotatable bonds is 17. The van der Waals surface area contributed by atoms with Gasteiger partial charge >= 0.3 is 0 Å². The van der Waals surface area contributed by atoms with Gasteiger partial charge in [0, 0.05) is 105 Å². The van der Waals surface area contributed by atoms with Crippen molar-refractivity contribution >= 4 is 55.5 Å². The predicted octanol–water partition coefficient (Wildman–Crippen LogP) is 8.41. The lowest BCUT2D eigenvalue weighted by atomic mass is 9.98. The number of amides is 1. The Morgan fingerprint density at radius 1 is 0.938 bits per heavy atom. The van der Waals surface area contributed by atoms with Crippen LogP contribution in [-0.2, 0) is 21.3 Å². The Labute approximate surface area is 383 Å². The van der Waals surface area contributed by atoms with Gasteiger partial charge in [-0.25, -0.2) is 13.1 Å². The van der Waals surface area contributed by atoms with Crippen LogP contribution < -0.4 is 24.4 Å². The summed E-state index contributed by atoms with van der Waals surface area (Å²) < 4.78 is 47.7.